The van der Waals surface area contributed by atoms with Crippen LogP contribution in [0.15, 0.2) is 6.07 Å². The highest BCUT2D eigenvalue weighted by Crippen LogP contribution is 2.10. The fraction of sp³-hybridized carbons (Fsp3) is 0.625. The second-order valence-electron chi connectivity index (χ2n) is 3.27. The quantitative estimate of drug-likeness (QED) is 0.645. The fourth-order valence-electron chi connectivity index (χ4n) is 1.37. The van der Waals surface area contributed by atoms with Crippen LogP contribution in [0.5, 0.6) is 0 Å². The van der Waals surface area contributed by atoms with Crippen LogP contribution >= 0.6 is 0 Å². The summed E-state index contributed by atoms with van der Waals surface area (Å²) in [4.78, 5) is 0. The average molecular weight is 151 g/mol. The van der Waals surface area contributed by atoms with Crippen LogP contribution in [0.25, 0.3) is 0 Å². The molecule has 1 aromatic heterocycles. The number of hydrogen-bond donors (Lipinski definition) is 2. The average Bonchev–Trinajstić information content (AvgIpc) is 2.27. The Bertz CT molecular complexity index is 237. The van der Waals surface area contributed by atoms with Crippen LogP contribution in [0.3, 0.4) is 0 Å². The highest BCUT2D eigenvalue weighted by Gasteiger charge is 2.17. The van der Waals surface area contributed by atoms with Crippen LogP contribution in [-0.4, -0.2) is 23.3 Å². The highest BCUT2D eigenvalue weighted by atomic mass is 15.1. The molecule has 1 aromatic rings. The van der Waals surface area contributed by atoms with Crippen molar-refractivity contribution in [3.05, 3.63) is 17.5 Å². The van der Waals surface area contributed by atoms with Gasteiger partial charge in [0, 0.05) is 5.69 Å². The Hall–Kier alpha value is -0.830. The first-order valence-corrected chi connectivity index (χ1v) is 4.06. The summed E-state index contributed by atoms with van der Waals surface area (Å²) in [7, 11) is 0. The van der Waals surface area contributed by atoms with Gasteiger partial charge < -0.3 is 5.32 Å². The molecule has 1 saturated heterocycles. The van der Waals surface area contributed by atoms with E-state index in [0.29, 0.717) is 0 Å². The maximum Gasteiger partial charge on any atom is 0.0628 e. The van der Waals surface area contributed by atoms with E-state index >= 15 is 0 Å². The number of aryl methyl sites for hydroxylation is 1. The summed E-state index contributed by atoms with van der Waals surface area (Å²) >= 11 is 0. The van der Waals surface area contributed by atoms with E-state index in [1.165, 1.54) is 5.69 Å². The Morgan fingerprint density at radius 2 is 2.45 bits per heavy atom. The smallest absolute Gasteiger partial charge is 0.0628 e. The summed E-state index contributed by atoms with van der Waals surface area (Å²) in [6.07, 6.45) is 1.12. The molecule has 2 N–H and O–H groups in total. The minimum absolute atomic E-state index is 0.817. The first kappa shape index (κ1) is 6.85. The molecule has 0 aromatic carbocycles. The standard InChI is InChI=1S/C8H13N3/c1-6-2-8(11-10-6)3-7-4-9-5-7/h2,7,9H,3-5H2,1H3,(H,10,11). The summed E-state index contributed by atoms with van der Waals surface area (Å²) in [5.74, 6) is 0.817. The Morgan fingerprint density at radius 1 is 1.64 bits per heavy atom. The third kappa shape index (κ3) is 1.43. The van der Waals surface area contributed by atoms with Crippen LogP contribution in [0.4, 0.5) is 0 Å². The van der Waals surface area contributed by atoms with E-state index in [1.54, 1.807) is 0 Å². The third-order valence-electron chi connectivity index (χ3n) is 2.12. The van der Waals surface area contributed by atoms with Crippen molar-refractivity contribution in [3.63, 3.8) is 0 Å². The summed E-state index contributed by atoms with van der Waals surface area (Å²) in [5, 5.41) is 10.4. The lowest BCUT2D eigenvalue weighted by molar-refractivity contribution is 0.344. The van der Waals surface area contributed by atoms with Crippen LogP contribution < -0.4 is 5.32 Å². The molecule has 3 heteroatoms. The maximum atomic E-state index is 4.18. The van der Waals surface area contributed by atoms with E-state index in [-0.39, 0.29) is 0 Å². The zero-order valence-corrected chi connectivity index (χ0v) is 6.72. The number of aromatic amines is 1. The number of nitrogens with one attached hydrogen (secondary N) is 2. The lowest BCUT2D eigenvalue weighted by Crippen LogP contribution is -2.43. The van der Waals surface area contributed by atoms with Crippen LogP contribution in [0.2, 0.25) is 0 Å². The van der Waals surface area contributed by atoms with Gasteiger partial charge in [-0.25, -0.2) is 0 Å². The number of H-pyrrole nitrogens is 1. The number of nitrogens with zero attached hydrogens (tertiary/aromatic N) is 1. The largest absolute Gasteiger partial charge is 0.316 e. The zero-order valence-electron chi connectivity index (χ0n) is 6.72. The van der Waals surface area contributed by atoms with Crippen molar-refractivity contribution in [2.24, 2.45) is 5.92 Å². The molecule has 2 rings (SSSR count). The molecular weight excluding hydrogens is 138 g/mol. The van der Waals surface area contributed by atoms with Crippen LogP contribution in [0.1, 0.15) is 11.4 Å². The van der Waals surface area contributed by atoms with Crippen LogP contribution in [0, 0.1) is 12.8 Å². The van der Waals surface area contributed by atoms with Crippen molar-refractivity contribution in [1.29, 1.82) is 0 Å². The molecule has 0 bridgehead atoms. The molecule has 3 nitrogen and oxygen atoms in total. The van der Waals surface area contributed by atoms with Crippen molar-refractivity contribution >= 4 is 0 Å². The molecule has 1 aliphatic rings. The van der Waals surface area contributed by atoms with Crippen molar-refractivity contribution in [2.45, 2.75) is 13.3 Å². The molecule has 1 fully saturated rings. The molecule has 0 atom stereocenters. The normalized spacial score (nSPS) is 18.3. The Morgan fingerprint density at radius 3 is 2.91 bits per heavy atom. The van der Waals surface area contributed by atoms with Crippen molar-refractivity contribution in [2.75, 3.05) is 13.1 Å². The minimum atomic E-state index is 0.817. The van der Waals surface area contributed by atoms with E-state index in [1.807, 2.05) is 6.92 Å². The maximum absolute atomic E-state index is 4.18. The summed E-state index contributed by atoms with van der Waals surface area (Å²) < 4.78 is 0. The lowest BCUT2D eigenvalue weighted by Gasteiger charge is -2.25. The summed E-state index contributed by atoms with van der Waals surface area (Å²) in [6, 6.07) is 2.12. The first-order chi connectivity index (χ1) is 5.34. The molecule has 1 aliphatic heterocycles. The van der Waals surface area contributed by atoms with Crippen molar-refractivity contribution in [3.8, 4) is 0 Å². The van der Waals surface area contributed by atoms with Gasteiger partial charge in [0.2, 0.25) is 0 Å². The Labute approximate surface area is 66.2 Å². The number of rotatable bonds is 2. The molecule has 2 heterocycles. The highest BCUT2D eigenvalue weighted by molar-refractivity contribution is 5.08. The van der Waals surface area contributed by atoms with Gasteiger partial charge in [0.05, 0.1) is 5.69 Å². The lowest BCUT2D eigenvalue weighted by atomic mass is 9.97. The monoisotopic (exact) mass is 151 g/mol. The van der Waals surface area contributed by atoms with Gasteiger partial charge in [-0.05, 0) is 38.4 Å². The van der Waals surface area contributed by atoms with Gasteiger partial charge in [0.25, 0.3) is 0 Å². The molecule has 11 heavy (non-hydrogen) atoms. The second-order valence-corrected chi connectivity index (χ2v) is 3.27. The topological polar surface area (TPSA) is 40.7 Å². The molecule has 0 aliphatic carbocycles. The fourth-order valence-corrected chi connectivity index (χ4v) is 1.37. The number of aromatic nitrogens is 2. The van der Waals surface area contributed by atoms with Crippen molar-refractivity contribution in [1.82, 2.24) is 15.5 Å². The van der Waals surface area contributed by atoms with Gasteiger partial charge in [-0.15, -0.1) is 0 Å². The first-order valence-electron chi connectivity index (χ1n) is 4.06. The van der Waals surface area contributed by atoms with Crippen molar-refractivity contribution < 1.29 is 0 Å². The van der Waals surface area contributed by atoms with Gasteiger partial charge in [-0.2, -0.15) is 5.10 Å². The van der Waals surface area contributed by atoms with Crippen LogP contribution in [-0.2, 0) is 6.42 Å². The molecular formula is C8H13N3. The van der Waals surface area contributed by atoms with E-state index in [0.717, 1.165) is 31.1 Å². The second kappa shape index (κ2) is 2.66. The Balaban J connectivity index is 1.95. The summed E-state index contributed by atoms with van der Waals surface area (Å²) in [6.45, 7) is 4.35. The Kier molecular flexibility index (Phi) is 1.66. The third-order valence-corrected chi connectivity index (χ3v) is 2.12. The van der Waals surface area contributed by atoms with Gasteiger partial charge in [-0.1, -0.05) is 0 Å². The molecule has 0 amide bonds. The molecule has 60 valence electrons. The van der Waals surface area contributed by atoms with Gasteiger partial charge in [-0.3, -0.25) is 5.10 Å². The van der Waals surface area contributed by atoms with E-state index in [9.17, 15) is 0 Å². The van der Waals surface area contributed by atoms with Gasteiger partial charge in [0.1, 0.15) is 0 Å². The molecule has 0 saturated carbocycles. The predicted octanol–water partition coefficient (Wildman–Crippen LogP) is 0.480. The summed E-state index contributed by atoms with van der Waals surface area (Å²) in [5.41, 5.74) is 2.36. The van der Waals surface area contributed by atoms with Gasteiger partial charge in [0.15, 0.2) is 0 Å². The van der Waals surface area contributed by atoms with E-state index in [4.69, 9.17) is 0 Å². The van der Waals surface area contributed by atoms with E-state index < -0.39 is 0 Å². The number of hydrogen-bond acceptors (Lipinski definition) is 2. The predicted molar refractivity (Wildman–Crippen MR) is 43.4 cm³/mol. The van der Waals surface area contributed by atoms with E-state index in [2.05, 4.69) is 21.6 Å². The van der Waals surface area contributed by atoms with Gasteiger partial charge >= 0.3 is 0 Å². The minimum Gasteiger partial charge on any atom is -0.316 e. The molecule has 0 radical (unpaired) electrons. The SMILES string of the molecule is Cc1cc(CC2CNC2)n[nH]1. The zero-order chi connectivity index (χ0) is 7.68. The molecule has 0 spiro atoms. The molecule has 0 unspecified atom stereocenters.